The Balaban J connectivity index is 2.98. The van der Waals surface area contributed by atoms with Gasteiger partial charge >= 0.3 is 5.97 Å². The number of carbonyl (C=O) groups excluding carboxylic acids is 1. The lowest BCUT2D eigenvalue weighted by molar-refractivity contribution is -0.118. The second-order valence-corrected chi connectivity index (χ2v) is 4.61. The van der Waals surface area contributed by atoms with Crippen LogP contribution >= 0.6 is 0 Å². The Hall–Kier alpha value is -1.88. The van der Waals surface area contributed by atoms with E-state index in [-0.39, 0.29) is 23.1 Å². The fourth-order valence-corrected chi connectivity index (χ4v) is 1.46. The average Bonchev–Trinajstić information content (AvgIpc) is 2.29. The molecular formula is C13H18N2O3. The van der Waals surface area contributed by atoms with Gasteiger partial charge in [-0.15, -0.1) is 0 Å². The van der Waals surface area contributed by atoms with Gasteiger partial charge in [0.1, 0.15) is 0 Å². The van der Waals surface area contributed by atoms with Crippen LogP contribution in [0.15, 0.2) is 18.2 Å². The molecule has 1 aromatic carbocycles. The molecule has 1 aromatic rings. The van der Waals surface area contributed by atoms with Gasteiger partial charge in [0.25, 0.3) is 0 Å². The highest BCUT2D eigenvalue weighted by Gasteiger charge is 2.19. The minimum absolute atomic E-state index is 0.0104. The van der Waals surface area contributed by atoms with Crippen LogP contribution in [0.5, 0.6) is 0 Å². The fourth-order valence-electron chi connectivity index (χ4n) is 1.46. The molecule has 0 bridgehead atoms. The molecule has 1 atom stereocenters. The maximum atomic E-state index is 11.8. The van der Waals surface area contributed by atoms with E-state index in [1.54, 1.807) is 19.1 Å². The Morgan fingerprint density at radius 1 is 1.33 bits per heavy atom. The van der Waals surface area contributed by atoms with Gasteiger partial charge in [-0.2, -0.15) is 0 Å². The summed E-state index contributed by atoms with van der Waals surface area (Å²) in [4.78, 5) is 22.9. The van der Waals surface area contributed by atoms with E-state index >= 15 is 0 Å². The quantitative estimate of drug-likeness (QED) is 0.757. The minimum atomic E-state index is -1.08. The van der Waals surface area contributed by atoms with Crippen LogP contribution in [0.4, 0.5) is 5.69 Å². The summed E-state index contributed by atoms with van der Waals surface area (Å²) in [5.74, 6) is -1.47. The lowest BCUT2D eigenvalue weighted by Crippen LogP contribution is -2.40. The summed E-state index contributed by atoms with van der Waals surface area (Å²) in [6.07, 6.45) is 0. The van der Waals surface area contributed by atoms with Crippen molar-refractivity contribution in [2.75, 3.05) is 5.32 Å². The van der Waals surface area contributed by atoms with Gasteiger partial charge in [-0.1, -0.05) is 25.5 Å². The van der Waals surface area contributed by atoms with Crippen molar-refractivity contribution >= 4 is 17.6 Å². The van der Waals surface area contributed by atoms with Crippen LogP contribution in [0.25, 0.3) is 0 Å². The number of anilines is 1. The van der Waals surface area contributed by atoms with Crippen molar-refractivity contribution in [2.24, 2.45) is 11.7 Å². The molecule has 0 saturated heterocycles. The van der Waals surface area contributed by atoms with Crippen LogP contribution in [0.1, 0.15) is 29.8 Å². The normalized spacial score (nSPS) is 12.3. The molecule has 1 unspecified atom stereocenters. The predicted molar refractivity (Wildman–Crippen MR) is 69.6 cm³/mol. The first kappa shape index (κ1) is 14.2. The molecule has 0 radical (unpaired) electrons. The molecule has 5 nitrogen and oxygen atoms in total. The molecule has 0 aliphatic carbocycles. The van der Waals surface area contributed by atoms with E-state index in [1.807, 2.05) is 13.8 Å². The average molecular weight is 250 g/mol. The van der Waals surface area contributed by atoms with Crippen molar-refractivity contribution < 1.29 is 14.7 Å². The Kier molecular flexibility index (Phi) is 4.44. The lowest BCUT2D eigenvalue weighted by atomic mass is 10.0. The maximum absolute atomic E-state index is 11.8. The van der Waals surface area contributed by atoms with Gasteiger partial charge in [0, 0.05) is 0 Å². The van der Waals surface area contributed by atoms with E-state index < -0.39 is 12.0 Å². The van der Waals surface area contributed by atoms with Crippen LogP contribution in [0.2, 0.25) is 0 Å². The number of nitrogens with two attached hydrogens (primary N) is 1. The largest absolute Gasteiger partial charge is 0.478 e. The molecule has 4 N–H and O–H groups in total. The highest BCUT2D eigenvalue weighted by atomic mass is 16.4. The highest BCUT2D eigenvalue weighted by molar-refractivity contribution is 6.02. The summed E-state index contributed by atoms with van der Waals surface area (Å²) < 4.78 is 0. The number of carboxylic acids is 1. The number of aromatic carboxylic acids is 1. The van der Waals surface area contributed by atoms with Gasteiger partial charge in [-0.25, -0.2) is 4.79 Å². The first-order valence-corrected chi connectivity index (χ1v) is 5.73. The van der Waals surface area contributed by atoms with Crippen LogP contribution in [-0.4, -0.2) is 23.0 Å². The summed E-state index contributed by atoms with van der Waals surface area (Å²) in [6.45, 7) is 5.45. The van der Waals surface area contributed by atoms with Crippen molar-refractivity contribution in [3.63, 3.8) is 0 Å². The molecule has 98 valence electrons. The number of carboxylic acid groups (broad SMARTS) is 1. The molecule has 0 aliphatic heterocycles. The number of hydrogen-bond acceptors (Lipinski definition) is 3. The van der Waals surface area contributed by atoms with Crippen molar-refractivity contribution in [2.45, 2.75) is 26.8 Å². The van der Waals surface area contributed by atoms with Gasteiger partial charge in [0.15, 0.2) is 0 Å². The Morgan fingerprint density at radius 3 is 2.44 bits per heavy atom. The molecule has 18 heavy (non-hydrogen) atoms. The summed E-state index contributed by atoms with van der Waals surface area (Å²) in [5.41, 5.74) is 6.86. The Bertz CT molecular complexity index is 469. The van der Waals surface area contributed by atoms with E-state index in [0.717, 1.165) is 5.56 Å². The van der Waals surface area contributed by atoms with Crippen LogP contribution < -0.4 is 11.1 Å². The molecular weight excluding hydrogens is 232 g/mol. The van der Waals surface area contributed by atoms with Crippen molar-refractivity contribution in [3.05, 3.63) is 29.3 Å². The monoisotopic (exact) mass is 250 g/mol. The molecule has 0 heterocycles. The Morgan fingerprint density at radius 2 is 1.94 bits per heavy atom. The third-order valence-electron chi connectivity index (χ3n) is 2.68. The summed E-state index contributed by atoms with van der Waals surface area (Å²) in [6, 6.07) is 4.17. The standard InChI is InChI=1S/C13H18N2O3/c1-7(2)11(14)12(16)15-10-5-4-8(3)6-9(10)13(17)18/h4-7,11H,14H2,1-3H3,(H,15,16)(H,17,18). The lowest BCUT2D eigenvalue weighted by Gasteiger charge is -2.16. The van der Waals surface area contributed by atoms with Crippen LogP contribution in [0.3, 0.4) is 0 Å². The number of amides is 1. The molecule has 0 aromatic heterocycles. The topological polar surface area (TPSA) is 92.4 Å². The molecule has 0 aliphatic rings. The zero-order valence-electron chi connectivity index (χ0n) is 10.7. The number of benzene rings is 1. The van der Waals surface area contributed by atoms with E-state index in [2.05, 4.69) is 5.32 Å². The fraction of sp³-hybridized carbons (Fsp3) is 0.385. The number of aryl methyl sites for hydroxylation is 1. The molecule has 0 spiro atoms. The SMILES string of the molecule is Cc1ccc(NC(=O)C(N)C(C)C)c(C(=O)O)c1. The van der Waals surface area contributed by atoms with Gasteiger partial charge in [0.2, 0.25) is 5.91 Å². The van der Waals surface area contributed by atoms with Gasteiger partial charge < -0.3 is 16.2 Å². The highest BCUT2D eigenvalue weighted by Crippen LogP contribution is 2.18. The zero-order valence-corrected chi connectivity index (χ0v) is 10.7. The van der Waals surface area contributed by atoms with Gasteiger partial charge in [-0.3, -0.25) is 4.79 Å². The smallest absolute Gasteiger partial charge is 0.337 e. The summed E-state index contributed by atoms with van der Waals surface area (Å²) in [5, 5.41) is 11.6. The molecule has 1 rings (SSSR count). The minimum Gasteiger partial charge on any atom is -0.478 e. The number of carbonyl (C=O) groups is 2. The van der Waals surface area contributed by atoms with E-state index in [9.17, 15) is 9.59 Å². The molecule has 1 amide bonds. The summed E-state index contributed by atoms with van der Waals surface area (Å²) >= 11 is 0. The second-order valence-electron chi connectivity index (χ2n) is 4.61. The van der Waals surface area contributed by atoms with Crippen molar-refractivity contribution in [1.82, 2.24) is 0 Å². The first-order chi connectivity index (χ1) is 8.32. The molecule has 5 heteroatoms. The predicted octanol–water partition coefficient (Wildman–Crippen LogP) is 1.62. The zero-order chi connectivity index (χ0) is 13.9. The van der Waals surface area contributed by atoms with Crippen molar-refractivity contribution in [1.29, 1.82) is 0 Å². The Labute approximate surface area is 106 Å². The number of nitrogens with one attached hydrogen (secondary N) is 1. The third-order valence-corrected chi connectivity index (χ3v) is 2.68. The number of rotatable bonds is 4. The van der Waals surface area contributed by atoms with Gasteiger partial charge in [0.05, 0.1) is 17.3 Å². The number of hydrogen-bond donors (Lipinski definition) is 3. The van der Waals surface area contributed by atoms with Crippen LogP contribution in [0, 0.1) is 12.8 Å². The first-order valence-electron chi connectivity index (χ1n) is 5.73. The van der Waals surface area contributed by atoms with Crippen molar-refractivity contribution in [3.8, 4) is 0 Å². The van der Waals surface area contributed by atoms with E-state index in [1.165, 1.54) is 6.07 Å². The maximum Gasteiger partial charge on any atom is 0.337 e. The molecule has 0 saturated carbocycles. The van der Waals surface area contributed by atoms with E-state index in [4.69, 9.17) is 10.8 Å². The second kappa shape index (κ2) is 5.64. The van der Waals surface area contributed by atoms with Gasteiger partial charge in [-0.05, 0) is 25.0 Å². The summed E-state index contributed by atoms with van der Waals surface area (Å²) in [7, 11) is 0. The molecule has 0 fully saturated rings. The van der Waals surface area contributed by atoms with E-state index in [0.29, 0.717) is 0 Å². The van der Waals surface area contributed by atoms with Crippen LogP contribution in [-0.2, 0) is 4.79 Å². The third kappa shape index (κ3) is 3.30.